The number of hydrogen-bond acceptors (Lipinski definition) is 3. The van der Waals surface area contributed by atoms with Crippen LogP contribution in [0.4, 0.5) is 0 Å². The highest BCUT2D eigenvalue weighted by Crippen LogP contribution is 2.26. The molecule has 4 nitrogen and oxygen atoms in total. The van der Waals surface area contributed by atoms with Gasteiger partial charge in [0, 0.05) is 19.5 Å². The van der Waals surface area contributed by atoms with Crippen LogP contribution in [0.15, 0.2) is 0 Å². The molecule has 0 saturated heterocycles. The third-order valence-electron chi connectivity index (χ3n) is 2.74. The van der Waals surface area contributed by atoms with E-state index < -0.39 is 6.10 Å². The van der Waals surface area contributed by atoms with Gasteiger partial charge in [-0.05, 0) is 5.41 Å². The van der Waals surface area contributed by atoms with Gasteiger partial charge in [0.1, 0.15) is 0 Å². The second-order valence-corrected chi connectivity index (χ2v) is 5.14. The summed E-state index contributed by atoms with van der Waals surface area (Å²) in [6.07, 6.45) is -0.855. The first-order chi connectivity index (χ1) is 6.70. The average Bonchev–Trinajstić information content (AvgIpc) is 2.13. The summed E-state index contributed by atoms with van der Waals surface area (Å²) in [5.41, 5.74) is -0.0878. The number of carbonyl (C=O) groups excluding carboxylic acids is 1. The van der Waals surface area contributed by atoms with Crippen molar-refractivity contribution in [1.29, 1.82) is 0 Å². The summed E-state index contributed by atoms with van der Waals surface area (Å²) in [5, 5.41) is 17.9. The minimum Gasteiger partial charge on any atom is -0.394 e. The second-order valence-electron chi connectivity index (χ2n) is 5.14. The van der Waals surface area contributed by atoms with Crippen molar-refractivity contribution in [1.82, 2.24) is 4.90 Å². The number of likely N-dealkylation sites (N-methyl/N-ethyl adjacent to an activating group) is 1. The molecule has 1 unspecified atom stereocenters. The van der Waals surface area contributed by atoms with E-state index in [0.29, 0.717) is 0 Å². The SMILES string of the molecule is C[C@H](C(=O)N(C)CC(O)CO)C(C)(C)C. The maximum atomic E-state index is 11.9. The van der Waals surface area contributed by atoms with Crippen LogP contribution in [0.1, 0.15) is 27.7 Å². The van der Waals surface area contributed by atoms with E-state index in [9.17, 15) is 9.90 Å². The molecule has 0 heterocycles. The fourth-order valence-corrected chi connectivity index (χ4v) is 1.16. The molecule has 0 spiro atoms. The largest absolute Gasteiger partial charge is 0.394 e. The van der Waals surface area contributed by atoms with Crippen molar-refractivity contribution in [2.45, 2.75) is 33.8 Å². The Kier molecular flexibility index (Phi) is 5.24. The molecule has 0 aromatic carbocycles. The normalized spacial score (nSPS) is 15.9. The summed E-state index contributed by atoms with van der Waals surface area (Å²) in [4.78, 5) is 13.3. The Labute approximate surface area is 91.9 Å². The highest BCUT2D eigenvalue weighted by molar-refractivity contribution is 5.78. The molecule has 2 N–H and O–H groups in total. The van der Waals surface area contributed by atoms with Gasteiger partial charge in [-0.25, -0.2) is 0 Å². The van der Waals surface area contributed by atoms with E-state index in [2.05, 4.69) is 0 Å². The van der Waals surface area contributed by atoms with Crippen LogP contribution < -0.4 is 0 Å². The second kappa shape index (κ2) is 5.47. The Balaban J connectivity index is 4.32. The van der Waals surface area contributed by atoms with Crippen LogP contribution >= 0.6 is 0 Å². The molecule has 1 amide bonds. The lowest BCUT2D eigenvalue weighted by molar-refractivity contribution is -0.138. The topological polar surface area (TPSA) is 60.8 Å². The first kappa shape index (κ1) is 14.4. The van der Waals surface area contributed by atoms with Crippen LogP contribution in [0.3, 0.4) is 0 Å². The monoisotopic (exact) mass is 217 g/mol. The predicted molar refractivity (Wildman–Crippen MR) is 59.3 cm³/mol. The van der Waals surface area contributed by atoms with Crippen LogP contribution in [0, 0.1) is 11.3 Å². The molecule has 0 aromatic heterocycles. The molecular formula is C11H23NO3. The van der Waals surface area contributed by atoms with Crippen LogP contribution in [0.25, 0.3) is 0 Å². The van der Waals surface area contributed by atoms with Crippen LogP contribution in [-0.2, 0) is 4.79 Å². The van der Waals surface area contributed by atoms with Gasteiger partial charge in [-0.2, -0.15) is 0 Å². The number of rotatable bonds is 4. The molecule has 0 bridgehead atoms. The summed E-state index contributed by atoms with van der Waals surface area (Å²) < 4.78 is 0. The number of carbonyl (C=O) groups is 1. The van der Waals surface area contributed by atoms with Crippen molar-refractivity contribution >= 4 is 5.91 Å². The maximum Gasteiger partial charge on any atom is 0.225 e. The number of aliphatic hydroxyl groups excluding tert-OH is 2. The van der Waals surface area contributed by atoms with Gasteiger partial charge < -0.3 is 15.1 Å². The van der Waals surface area contributed by atoms with E-state index >= 15 is 0 Å². The van der Waals surface area contributed by atoms with E-state index in [1.165, 1.54) is 4.90 Å². The molecular weight excluding hydrogens is 194 g/mol. The van der Waals surface area contributed by atoms with Gasteiger partial charge in [0.25, 0.3) is 0 Å². The molecule has 15 heavy (non-hydrogen) atoms. The average molecular weight is 217 g/mol. The molecule has 0 saturated carbocycles. The van der Waals surface area contributed by atoms with E-state index in [-0.39, 0.29) is 30.4 Å². The number of amides is 1. The lowest BCUT2D eigenvalue weighted by atomic mass is 9.81. The molecule has 0 rings (SSSR count). The Morgan fingerprint density at radius 3 is 2.20 bits per heavy atom. The summed E-state index contributed by atoms with van der Waals surface area (Å²) in [6, 6.07) is 0. The van der Waals surface area contributed by atoms with Crippen molar-refractivity contribution in [3.8, 4) is 0 Å². The Morgan fingerprint density at radius 2 is 1.87 bits per heavy atom. The lowest BCUT2D eigenvalue weighted by Gasteiger charge is -2.30. The molecule has 0 aliphatic carbocycles. The predicted octanol–water partition coefficient (Wildman–Crippen LogP) is 0.480. The van der Waals surface area contributed by atoms with Crippen molar-refractivity contribution in [3.63, 3.8) is 0 Å². The summed E-state index contributed by atoms with van der Waals surface area (Å²) in [7, 11) is 1.64. The fraction of sp³-hybridized carbons (Fsp3) is 0.909. The van der Waals surface area contributed by atoms with Gasteiger partial charge in [-0.3, -0.25) is 4.79 Å². The number of hydrogen-bond donors (Lipinski definition) is 2. The standard InChI is InChI=1S/C11H23NO3/c1-8(11(2,3)4)10(15)12(5)6-9(14)7-13/h8-9,13-14H,6-7H2,1-5H3/t8-,9?/m1/s1. The third-order valence-corrected chi connectivity index (χ3v) is 2.74. The van der Waals surface area contributed by atoms with Gasteiger partial charge in [-0.15, -0.1) is 0 Å². The Morgan fingerprint density at radius 1 is 1.40 bits per heavy atom. The van der Waals surface area contributed by atoms with Crippen LogP contribution in [-0.4, -0.2) is 47.3 Å². The van der Waals surface area contributed by atoms with Gasteiger partial charge in [0.05, 0.1) is 12.7 Å². The van der Waals surface area contributed by atoms with Crippen molar-refractivity contribution in [2.24, 2.45) is 11.3 Å². The zero-order valence-electron chi connectivity index (χ0n) is 10.3. The molecule has 0 aromatic rings. The first-order valence-electron chi connectivity index (χ1n) is 5.24. The van der Waals surface area contributed by atoms with Crippen molar-refractivity contribution in [3.05, 3.63) is 0 Å². The van der Waals surface area contributed by atoms with Gasteiger partial charge in [0.2, 0.25) is 5.91 Å². The molecule has 2 atom stereocenters. The van der Waals surface area contributed by atoms with Crippen molar-refractivity contribution < 1.29 is 15.0 Å². The summed E-state index contributed by atoms with van der Waals surface area (Å²) >= 11 is 0. The van der Waals surface area contributed by atoms with Crippen molar-refractivity contribution in [2.75, 3.05) is 20.2 Å². The van der Waals surface area contributed by atoms with Gasteiger partial charge in [-0.1, -0.05) is 27.7 Å². The molecule has 90 valence electrons. The zero-order chi connectivity index (χ0) is 12.2. The molecule has 0 fully saturated rings. The molecule has 0 radical (unpaired) electrons. The van der Waals surface area contributed by atoms with Gasteiger partial charge in [0.15, 0.2) is 0 Å². The molecule has 4 heteroatoms. The minimum atomic E-state index is -0.855. The van der Waals surface area contributed by atoms with Crippen LogP contribution in [0.2, 0.25) is 0 Å². The number of aliphatic hydroxyl groups is 2. The number of nitrogens with zero attached hydrogens (tertiary/aromatic N) is 1. The van der Waals surface area contributed by atoms with Gasteiger partial charge >= 0.3 is 0 Å². The summed E-state index contributed by atoms with van der Waals surface area (Å²) in [6.45, 7) is 7.76. The van der Waals surface area contributed by atoms with E-state index in [1.807, 2.05) is 27.7 Å². The molecule has 0 aliphatic heterocycles. The Bertz CT molecular complexity index is 210. The fourth-order valence-electron chi connectivity index (χ4n) is 1.16. The maximum absolute atomic E-state index is 11.9. The van der Waals surface area contributed by atoms with E-state index in [4.69, 9.17) is 5.11 Å². The summed E-state index contributed by atoms with van der Waals surface area (Å²) in [5.74, 6) is -0.108. The highest BCUT2D eigenvalue weighted by Gasteiger charge is 2.29. The van der Waals surface area contributed by atoms with E-state index in [1.54, 1.807) is 7.05 Å². The lowest BCUT2D eigenvalue weighted by Crippen LogP contribution is -2.42. The zero-order valence-corrected chi connectivity index (χ0v) is 10.3. The quantitative estimate of drug-likeness (QED) is 0.720. The van der Waals surface area contributed by atoms with Crippen LogP contribution in [0.5, 0.6) is 0 Å². The Hall–Kier alpha value is -0.610. The first-order valence-corrected chi connectivity index (χ1v) is 5.24. The van der Waals surface area contributed by atoms with E-state index in [0.717, 1.165) is 0 Å². The third kappa shape index (κ3) is 4.62. The highest BCUT2D eigenvalue weighted by atomic mass is 16.3. The molecule has 0 aliphatic rings. The minimum absolute atomic E-state index is 0.00463. The smallest absolute Gasteiger partial charge is 0.225 e.